The van der Waals surface area contributed by atoms with Gasteiger partial charge < -0.3 is 5.73 Å². The first-order valence-corrected chi connectivity index (χ1v) is 7.37. The predicted molar refractivity (Wildman–Crippen MR) is 87.6 cm³/mol. The predicted octanol–water partition coefficient (Wildman–Crippen LogP) is 1.51. The number of aromatic nitrogens is 2. The number of hydrogen-bond acceptors (Lipinski definition) is 5. The minimum absolute atomic E-state index is 0.0556. The van der Waals surface area contributed by atoms with Crippen molar-refractivity contribution >= 4 is 17.3 Å². The normalized spacial score (nSPS) is 18.5. The van der Waals surface area contributed by atoms with Gasteiger partial charge in [0.15, 0.2) is 5.82 Å². The van der Waals surface area contributed by atoms with Gasteiger partial charge in [-0.3, -0.25) is 19.6 Å². The Morgan fingerprint density at radius 1 is 1.39 bits per heavy atom. The number of benzene rings is 1. The number of hydrazone groups is 1. The number of fused-ring (bicyclic) bond motifs is 1. The maximum Gasteiger partial charge on any atom is 0.266 e. The minimum Gasteiger partial charge on any atom is -0.365 e. The van der Waals surface area contributed by atoms with Gasteiger partial charge in [0.25, 0.3) is 11.5 Å². The van der Waals surface area contributed by atoms with Crippen LogP contribution in [0, 0.1) is 0 Å². The molecule has 118 valence electrons. The quantitative estimate of drug-likeness (QED) is 0.839. The maximum absolute atomic E-state index is 12.4. The minimum atomic E-state index is -0.767. The summed E-state index contributed by atoms with van der Waals surface area (Å²) in [6.45, 7) is 1.92. The molecule has 1 unspecified atom stereocenters. The van der Waals surface area contributed by atoms with E-state index >= 15 is 0 Å². The highest BCUT2D eigenvalue weighted by Gasteiger charge is 2.25. The van der Waals surface area contributed by atoms with Crippen molar-refractivity contribution in [3.63, 3.8) is 0 Å². The van der Waals surface area contributed by atoms with Gasteiger partial charge in [-0.05, 0) is 31.9 Å². The molecule has 0 bridgehead atoms. The van der Waals surface area contributed by atoms with E-state index in [9.17, 15) is 9.59 Å². The van der Waals surface area contributed by atoms with Crippen LogP contribution < -0.4 is 16.7 Å². The van der Waals surface area contributed by atoms with Crippen LogP contribution >= 0.6 is 0 Å². The van der Waals surface area contributed by atoms with Crippen LogP contribution in [0.15, 0.2) is 46.4 Å². The zero-order chi connectivity index (χ0) is 16.4. The molecule has 0 radical (unpaired) electrons. The molecule has 1 aliphatic rings. The van der Waals surface area contributed by atoms with Crippen molar-refractivity contribution in [1.82, 2.24) is 9.55 Å². The third-order valence-electron chi connectivity index (χ3n) is 3.85. The number of nitrogens with two attached hydrogens (primary N) is 1. The molecule has 1 atom stereocenters. The SMILES string of the molecule is CC1CC/C(=N\Nc2ccccc2)c2ncc(C(N)=O)c(=O)n21. The Hall–Kier alpha value is -2.96. The number of hydrogen-bond donors (Lipinski definition) is 2. The Morgan fingerprint density at radius 3 is 2.83 bits per heavy atom. The zero-order valence-corrected chi connectivity index (χ0v) is 12.7. The van der Waals surface area contributed by atoms with Crippen molar-refractivity contribution in [2.75, 3.05) is 5.43 Å². The van der Waals surface area contributed by atoms with E-state index in [-0.39, 0.29) is 11.6 Å². The second-order valence-corrected chi connectivity index (χ2v) is 5.46. The van der Waals surface area contributed by atoms with Crippen LogP contribution in [0.4, 0.5) is 5.69 Å². The number of para-hydroxylation sites is 1. The van der Waals surface area contributed by atoms with Crippen LogP contribution in [-0.4, -0.2) is 21.2 Å². The van der Waals surface area contributed by atoms with Gasteiger partial charge in [0, 0.05) is 12.2 Å². The van der Waals surface area contributed by atoms with Crippen LogP contribution in [0.1, 0.15) is 42.0 Å². The van der Waals surface area contributed by atoms with E-state index in [1.54, 1.807) is 0 Å². The van der Waals surface area contributed by atoms with Gasteiger partial charge in [0.2, 0.25) is 0 Å². The van der Waals surface area contributed by atoms with Crippen LogP contribution in [0.25, 0.3) is 0 Å². The monoisotopic (exact) mass is 311 g/mol. The highest BCUT2D eigenvalue weighted by Crippen LogP contribution is 2.22. The highest BCUT2D eigenvalue weighted by molar-refractivity contribution is 5.99. The summed E-state index contributed by atoms with van der Waals surface area (Å²) in [5.74, 6) is -0.293. The van der Waals surface area contributed by atoms with E-state index in [1.165, 1.54) is 10.8 Å². The number of amides is 1. The molecule has 23 heavy (non-hydrogen) atoms. The Balaban J connectivity index is 2.01. The van der Waals surface area contributed by atoms with E-state index < -0.39 is 11.5 Å². The molecule has 0 spiro atoms. The molecular formula is C16H17N5O2. The fourth-order valence-electron chi connectivity index (χ4n) is 2.60. The number of primary amides is 1. The van der Waals surface area contributed by atoms with Crippen molar-refractivity contribution in [2.24, 2.45) is 10.8 Å². The largest absolute Gasteiger partial charge is 0.365 e. The molecule has 7 heteroatoms. The van der Waals surface area contributed by atoms with E-state index in [0.717, 1.165) is 12.1 Å². The molecule has 0 saturated carbocycles. The first-order valence-electron chi connectivity index (χ1n) is 7.37. The molecule has 2 aromatic rings. The molecule has 2 heterocycles. The number of anilines is 1. The lowest BCUT2D eigenvalue weighted by Crippen LogP contribution is -2.38. The van der Waals surface area contributed by atoms with Crippen molar-refractivity contribution < 1.29 is 4.79 Å². The molecule has 1 amide bonds. The smallest absolute Gasteiger partial charge is 0.266 e. The molecule has 0 aliphatic carbocycles. The lowest BCUT2D eigenvalue weighted by Gasteiger charge is -2.25. The van der Waals surface area contributed by atoms with Gasteiger partial charge in [-0.1, -0.05) is 18.2 Å². The molecule has 7 nitrogen and oxygen atoms in total. The van der Waals surface area contributed by atoms with Gasteiger partial charge >= 0.3 is 0 Å². The average Bonchev–Trinajstić information content (AvgIpc) is 2.55. The topological polar surface area (TPSA) is 102 Å². The van der Waals surface area contributed by atoms with Gasteiger partial charge in [0.05, 0.1) is 5.69 Å². The number of rotatable bonds is 3. The van der Waals surface area contributed by atoms with E-state index in [2.05, 4.69) is 15.5 Å². The lowest BCUT2D eigenvalue weighted by atomic mass is 10.0. The number of carbonyl (C=O) groups is 1. The summed E-state index contributed by atoms with van der Waals surface area (Å²) in [5.41, 5.74) is 9.21. The molecule has 3 N–H and O–H groups in total. The Kier molecular flexibility index (Phi) is 3.92. The van der Waals surface area contributed by atoms with Crippen molar-refractivity contribution in [2.45, 2.75) is 25.8 Å². The molecule has 1 aliphatic heterocycles. The summed E-state index contributed by atoms with van der Waals surface area (Å²) in [7, 11) is 0. The molecule has 3 rings (SSSR count). The Morgan fingerprint density at radius 2 is 2.13 bits per heavy atom. The molecule has 0 fully saturated rings. The van der Waals surface area contributed by atoms with E-state index in [0.29, 0.717) is 18.0 Å². The van der Waals surface area contributed by atoms with Gasteiger partial charge in [-0.2, -0.15) is 5.10 Å². The number of carbonyl (C=O) groups excluding carboxylic acids is 1. The molecular weight excluding hydrogens is 294 g/mol. The van der Waals surface area contributed by atoms with Crippen LogP contribution in [0.5, 0.6) is 0 Å². The Bertz CT molecular complexity index is 826. The third kappa shape index (κ3) is 2.85. The molecule has 0 saturated heterocycles. The van der Waals surface area contributed by atoms with E-state index in [1.807, 2.05) is 37.3 Å². The standard InChI is InChI=1S/C16H17N5O2/c1-10-7-8-13(20-19-11-5-3-2-4-6-11)15-18-9-12(14(17)22)16(23)21(10)15/h2-6,9-10,19H,7-8H2,1H3,(H2,17,22)/b20-13+. The summed E-state index contributed by atoms with van der Waals surface area (Å²) in [6.07, 6.45) is 2.67. The fraction of sp³-hybridized carbons (Fsp3) is 0.250. The van der Waals surface area contributed by atoms with E-state index in [4.69, 9.17) is 5.73 Å². The van der Waals surface area contributed by atoms with Crippen LogP contribution in [0.3, 0.4) is 0 Å². The number of nitrogens with one attached hydrogen (secondary N) is 1. The zero-order valence-electron chi connectivity index (χ0n) is 12.7. The van der Waals surface area contributed by atoms with Gasteiger partial charge in [-0.25, -0.2) is 4.98 Å². The van der Waals surface area contributed by atoms with Gasteiger partial charge in [-0.15, -0.1) is 0 Å². The van der Waals surface area contributed by atoms with Crippen molar-refractivity contribution in [3.8, 4) is 0 Å². The van der Waals surface area contributed by atoms with Crippen molar-refractivity contribution in [1.29, 1.82) is 0 Å². The summed E-state index contributed by atoms with van der Waals surface area (Å²) in [4.78, 5) is 28.0. The second kappa shape index (κ2) is 6.04. The van der Waals surface area contributed by atoms with Crippen LogP contribution in [-0.2, 0) is 0 Å². The third-order valence-corrected chi connectivity index (χ3v) is 3.85. The Labute approximate surface area is 132 Å². The summed E-state index contributed by atoms with van der Waals surface area (Å²) in [6, 6.07) is 9.46. The second-order valence-electron chi connectivity index (χ2n) is 5.46. The maximum atomic E-state index is 12.4. The first-order chi connectivity index (χ1) is 11.1. The molecule has 1 aromatic carbocycles. The van der Waals surface area contributed by atoms with Crippen LogP contribution in [0.2, 0.25) is 0 Å². The van der Waals surface area contributed by atoms with Crippen molar-refractivity contribution in [3.05, 3.63) is 58.3 Å². The first kappa shape index (κ1) is 15.0. The van der Waals surface area contributed by atoms with Gasteiger partial charge in [0.1, 0.15) is 11.3 Å². The summed E-state index contributed by atoms with van der Waals surface area (Å²) in [5, 5.41) is 4.37. The fourth-order valence-corrected chi connectivity index (χ4v) is 2.60. The summed E-state index contributed by atoms with van der Waals surface area (Å²) >= 11 is 0. The number of nitrogens with zero attached hydrogens (tertiary/aromatic N) is 3. The summed E-state index contributed by atoms with van der Waals surface area (Å²) < 4.78 is 1.50. The highest BCUT2D eigenvalue weighted by atomic mass is 16.2. The lowest BCUT2D eigenvalue weighted by molar-refractivity contribution is 0.0997. The molecule has 1 aromatic heterocycles. The average molecular weight is 311 g/mol.